The third kappa shape index (κ3) is 2.62. The van der Waals surface area contributed by atoms with Crippen molar-refractivity contribution in [3.8, 4) is 0 Å². The molecule has 0 heterocycles. The molecule has 7 unspecified atom stereocenters. The number of fused-ring (bicyclic) bond motifs is 2. The van der Waals surface area contributed by atoms with E-state index in [9.17, 15) is 0 Å². The standard InChI is InChI=1S/C24H40/c1-5-22(3)13-7-10-20-19(9-6-8-18(2)16-22)11-15-24-17-23(24,4)14-12-21(20)24/h5,18-21H,1,6-17H2,2-4H3. The Bertz CT molecular complexity index is 492. The van der Waals surface area contributed by atoms with Gasteiger partial charge < -0.3 is 0 Å². The summed E-state index contributed by atoms with van der Waals surface area (Å²) in [7, 11) is 0. The lowest BCUT2D eigenvalue weighted by Crippen LogP contribution is -2.35. The third-order valence-electron chi connectivity index (χ3n) is 9.45. The average Bonchev–Trinajstić information content (AvgIpc) is 3.03. The van der Waals surface area contributed by atoms with E-state index in [0.29, 0.717) is 5.41 Å². The molecule has 4 saturated carbocycles. The van der Waals surface area contributed by atoms with Crippen LogP contribution in [0.25, 0.3) is 0 Å². The molecule has 4 rings (SSSR count). The molecule has 0 aromatic carbocycles. The van der Waals surface area contributed by atoms with Crippen LogP contribution in [0.1, 0.15) is 97.8 Å². The molecule has 136 valence electrons. The molecule has 4 aliphatic rings. The van der Waals surface area contributed by atoms with Crippen molar-refractivity contribution in [2.45, 2.75) is 97.8 Å². The van der Waals surface area contributed by atoms with Crippen LogP contribution < -0.4 is 0 Å². The van der Waals surface area contributed by atoms with Crippen LogP contribution in [0.15, 0.2) is 12.7 Å². The highest BCUT2D eigenvalue weighted by atomic mass is 14.8. The number of allylic oxidation sites excluding steroid dienone is 1. The Labute approximate surface area is 150 Å². The van der Waals surface area contributed by atoms with E-state index >= 15 is 0 Å². The summed E-state index contributed by atoms with van der Waals surface area (Å²) in [5, 5.41) is 0. The lowest BCUT2D eigenvalue weighted by molar-refractivity contribution is 0.0605. The molecule has 0 aromatic heterocycles. The third-order valence-corrected chi connectivity index (χ3v) is 9.45. The molecule has 0 radical (unpaired) electrons. The minimum absolute atomic E-state index is 0.384. The molecule has 4 fully saturated rings. The number of hydrogen-bond donors (Lipinski definition) is 0. The highest BCUT2D eigenvalue weighted by Crippen LogP contribution is 2.81. The first-order chi connectivity index (χ1) is 11.4. The molecule has 0 nitrogen and oxygen atoms in total. The van der Waals surface area contributed by atoms with Gasteiger partial charge in [0.1, 0.15) is 0 Å². The Morgan fingerprint density at radius 2 is 1.75 bits per heavy atom. The Kier molecular flexibility index (Phi) is 4.21. The van der Waals surface area contributed by atoms with Gasteiger partial charge in [-0.2, -0.15) is 0 Å². The monoisotopic (exact) mass is 328 g/mol. The maximum Gasteiger partial charge on any atom is -0.0147 e. The van der Waals surface area contributed by atoms with Gasteiger partial charge in [0.05, 0.1) is 0 Å². The van der Waals surface area contributed by atoms with Gasteiger partial charge in [0.25, 0.3) is 0 Å². The summed E-state index contributed by atoms with van der Waals surface area (Å²) < 4.78 is 0. The number of rotatable bonds is 1. The van der Waals surface area contributed by atoms with Crippen LogP contribution >= 0.6 is 0 Å². The summed E-state index contributed by atoms with van der Waals surface area (Å²) in [5.41, 5.74) is 1.96. The van der Waals surface area contributed by atoms with Crippen molar-refractivity contribution >= 4 is 0 Å². The van der Waals surface area contributed by atoms with E-state index in [1.165, 1.54) is 44.9 Å². The molecule has 24 heavy (non-hydrogen) atoms. The van der Waals surface area contributed by atoms with Crippen molar-refractivity contribution in [3.05, 3.63) is 12.7 Å². The topological polar surface area (TPSA) is 0 Å². The predicted octanol–water partition coefficient (Wildman–Crippen LogP) is 7.39. The Hall–Kier alpha value is -0.260. The van der Waals surface area contributed by atoms with E-state index in [-0.39, 0.29) is 0 Å². The van der Waals surface area contributed by atoms with Crippen LogP contribution in [0, 0.1) is 39.9 Å². The molecule has 0 saturated heterocycles. The van der Waals surface area contributed by atoms with Crippen LogP contribution in [-0.2, 0) is 0 Å². The van der Waals surface area contributed by atoms with Crippen molar-refractivity contribution in [1.29, 1.82) is 0 Å². The van der Waals surface area contributed by atoms with E-state index < -0.39 is 0 Å². The molecule has 0 bridgehead atoms. The largest absolute Gasteiger partial charge is 0.103 e. The molecular formula is C24H40. The lowest BCUT2D eigenvalue weighted by Gasteiger charge is -2.43. The van der Waals surface area contributed by atoms with E-state index in [0.717, 1.165) is 34.5 Å². The van der Waals surface area contributed by atoms with Crippen LogP contribution in [-0.4, -0.2) is 0 Å². The summed E-state index contributed by atoms with van der Waals surface area (Å²) >= 11 is 0. The van der Waals surface area contributed by atoms with Gasteiger partial charge >= 0.3 is 0 Å². The summed E-state index contributed by atoms with van der Waals surface area (Å²) in [5.74, 6) is 4.08. The molecule has 0 heteroatoms. The molecule has 4 aliphatic carbocycles. The first-order valence-corrected chi connectivity index (χ1v) is 11.1. The van der Waals surface area contributed by atoms with Crippen LogP contribution in [0.5, 0.6) is 0 Å². The second kappa shape index (κ2) is 5.88. The summed E-state index contributed by atoms with van der Waals surface area (Å²) in [4.78, 5) is 0. The molecular weight excluding hydrogens is 288 g/mol. The fourth-order valence-corrected chi connectivity index (χ4v) is 7.95. The molecule has 7 atom stereocenters. The zero-order chi connectivity index (χ0) is 17.0. The van der Waals surface area contributed by atoms with Gasteiger partial charge in [-0.25, -0.2) is 0 Å². The second-order valence-corrected chi connectivity index (χ2v) is 11.0. The maximum atomic E-state index is 4.20. The molecule has 0 N–H and O–H groups in total. The normalized spacial score (nSPS) is 54.8. The van der Waals surface area contributed by atoms with Crippen molar-refractivity contribution < 1.29 is 0 Å². The van der Waals surface area contributed by atoms with Crippen molar-refractivity contribution in [1.82, 2.24) is 0 Å². The Morgan fingerprint density at radius 1 is 0.917 bits per heavy atom. The van der Waals surface area contributed by atoms with E-state index in [1.807, 2.05) is 0 Å². The van der Waals surface area contributed by atoms with Crippen molar-refractivity contribution in [3.63, 3.8) is 0 Å². The first-order valence-electron chi connectivity index (χ1n) is 11.1. The first kappa shape index (κ1) is 17.2. The van der Waals surface area contributed by atoms with Gasteiger partial charge in [0.2, 0.25) is 0 Å². The van der Waals surface area contributed by atoms with Crippen molar-refractivity contribution in [2.75, 3.05) is 0 Å². The van der Waals surface area contributed by atoms with Crippen LogP contribution in [0.3, 0.4) is 0 Å². The van der Waals surface area contributed by atoms with E-state index in [4.69, 9.17) is 0 Å². The zero-order valence-electron chi connectivity index (χ0n) is 16.6. The number of hydrogen-bond acceptors (Lipinski definition) is 0. The van der Waals surface area contributed by atoms with E-state index in [2.05, 4.69) is 33.4 Å². The highest BCUT2D eigenvalue weighted by molar-refractivity contribution is 5.21. The summed E-state index contributed by atoms with van der Waals surface area (Å²) in [6.07, 6.45) is 20.3. The Morgan fingerprint density at radius 3 is 2.50 bits per heavy atom. The van der Waals surface area contributed by atoms with Gasteiger partial charge in [-0.3, -0.25) is 0 Å². The fourth-order valence-electron chi connectivity index (χ4n) is 7.95. The second-order valence-electron chi connectivity index (χ2n) is 11.0. The lowest BCUT2D eigenvalue weighted by atomic mass is 9.62. The summed E-state index contributed by atoms with van der Waals surface area (Å²) in [6, 6.07) is 0. The quantitative estimate of drug-likeness (QED) is 0.440. The SMILES string of the molecule is C=CC1(C)CCCC2C(CCCC(C)C1)CCC13CC1(C)CCC23. The minimum Gasteiger partial charge on any atom is -0.103 e. The minimum atomic E-state index is 0.384. The molecule has 0 aliphatic heterocycles. The predicted molar refractivity (Wildman–Crippen MR) is 104 cm³/mol. The molecule has 0 aromatic rings. The zero-order valence-corrected chi connectivity index (χ0v) is 16.6. The smallest absolute Gasteiger partial charge is 0.0147 e. The fraction of sp³-hybridized carbons (Fsp3) is 0.917. The van der Waals surface area contributed by atoms with Crippen molar-refractivity contribution in [2.24, 2.45) is 39.9 Å². The van der Waals surface area contributed by atoms with Gasteiger partial charge in [0.15, 0.2) is 0 Å². The Balaban J connectivity index is 1.52. The summed E-state index contributed by atoms with van der Waals surface area (Å²) in [6.45, 7) is 11.8. The molecule has 1 spiro atoms. The maximum absolute atomic E-state index is 4.20. The van der Waals surface area contributed by atoms with E-state index in [1.54, 1.807) is 32.1 Å². The highest BCUT2D eigenvalue weighted by Gasteiger charge is 2.72. The van der Waals surface area contributed by atoms with Gasteiger partial charge in [-0.05, 0) is 91.3 Å². The van der Waals surface area contributed by atoms with Gasteiger partial charge in [0, 0.05) is 0 Å². The van der Waals surface area contributed by atoms with Gasteiger partial charge in [-0.15, -0.1) is 6.58 Å². The van der Waals surface area contributed by atoms with Crippen LogP contribution in [0.4, 0.5) is 0 Å². The van der Waals surface area contributed by atoms with Gasteiger partial charge in [-0.1, -0.05) is 52.5 Å². The van der Waals surface area contributed by atoms with Crippen LogP contribution in [0.2, 0.25) is 0 Å². The average molecular weight is 329 g/mol. The molecule has 0 amide bonds.